The quantitative estimate of drug-likeness (QED) is 0.851. The lowest BCUT2D eigenvalue weighted by molar-refractivity contribution is -0.119. The van der Waals surface area contributed by atoms with E-state index in [2.05, 4.69) is 10.6 Å². The maximum Gasteiger partial charge on any atom is 0.251 e. The van der Waals surface area contributed by atoms with Gasteiger partial charge in [0.2, 0.25) is 5.91 Å². The number of hydrogen-bond donors (Lipinski definition) is 2. The molecule has 2 atom stereocenters. The first-order valence-corrected chi connectivity index (χ1v) is 7.93. The van der Waals surface area contributed by atoms with Gasteiger partial charge in [-0.05, 0) is 42.3 Å². The molecule has 2 aromatic carbocycles. The van der Waals surface area contributed by atoms with E-state index in [1.807, 2.05) is 19.9 Å². The third kappa shape index (κ3) is 4.65. The van der Waals surface area contributed by atoms with Crippen LogP contribution in [0.4, 0.5) is 10.1 Å². The van der Waals surface area contributed by atoms with Crippen molar-refractivity contribution in [3.63, 3.8) is 0 Å². The zero-order valence-corrected chi connectivity index (χ0v) is 13.8. The fourth-order valence-electron chi connectivity index (χ4n) is 2.27. The fraction of sp³-hybridized carbons (Fsp3) is 0.263. The van der Waals surface area contributed by atoms with E-state index in [9.17, 15) is 14.0 Å². The second-order valence-corrected chi connectivity index (χ2v) is 5.70. The number of nitrogens with one attached hydrogen (secondary N) is 2. The maximum atomic E-state index is 13.0. The molecule has 0 spiro atoms. The van der Waals surface area contributed by atoms with Crippen LogP contribution in [-0.2, 0) is 4.79 Å². The van der Waals surface area contributed by atoms with E-state index in [1.54, 1.807) is 24.3 Å². The summed E-state index contributed by atoms with van der Waals surface area (Å²) in [6.45, 7) is 3.86. The van der Waals surface area contributed by atoms with E-state index in [4.69, 9.17) is 0 Å². The number of carbonyl (C=O) groups excluding carboxylic acids is 2. The number of halogens is 1. The lowest BCUT2D eigenvalue weighted by Gasteiger charge is -2.23. The van der Waals surface area contributed by atoms with Crippen molar-refractivity contribution in [1.82, 2.24) is 5.32 Å². The van der Waals surface area contributed by atoms with Crippen LogP contribution in [0.1, 0.15) is 30.6 Å². The molecule has 2 unspecified atom stereocenters. The summed E-state index contributed by atoms with van der Waals surface area (Å²) in [5.74, 6) is -1.03. The Labute approximate surface area is 141 Å². The van der Waals surface area contributed by atoms with Crippen molar-refractivity contribution >= 4 is 17.5 Å². The molecule has 0 fully saturated rings. The van der Waals surface area contributed by atoms with Crippen LogP contribution in [0.25, 0.3) is 0 Å². The average Bonchev–Trinajstić information content (AvgIpc) is 2.61. The molecule has 0 aliphatic carbocycles. The Balaban J connectivity index is 2.11. The highest BCUT2D eigenvalue weighted by Crippen LogP contribution is 2.14. The molecular formula is C19H21FN2O2. The van der Waals surface area contributed by atoms with Crippen LogP contribution in [0.5, 0.6) is 0 Å². The minimum atomic E-state index is -0.673. The van der Waals surface area contributed by atoms with Crippen molar-refractivity contribution in [2.45, 2.75) is 26.3 Å². The molecule has 0 saturated heterocycles. The average molecular weight is 328 g/mol. The Morgan fingerprint density at radius 3 is 2.25 bits per heavy atom. The lowest BCUT2D eigenvalue weighted by Crippen LogP contribution is -2.47. The first kappa shape index (κ1) is 17.7. The smallest absolute Gasteiger partial charge is 0.251 e. The standard InChI is InChI=1S/C19H21FN2O2/c1-3-13(2)17(22-18(23)14-7-5-4-6-8-14)19(24)21-16-11-9-15(20)10-12-16/h4-13,17H,3H2,1-2H3,(H,21,24)(H,22,23). The molecule has 126 valence electrons. The lowest BCUT2D eigenvalue weighted by atomic mass is 9.97. The van der Waals surface area contributed by atoms with Gasteiger partial charge in [-0.2, -0.15) is 0 Å². The molecule has 0 heterocycles. The molecule has 4 nitrogen and oxygen atoms in total. The Kier molecular flexibility index (Phi) is 6.07. The van der Waals surface area contributed by atoms with Crippen molar-refractivity contribution in [1.29, 1.82) is 0 Å². The number of hydrogen-bond acceptors (Lipinski definition) is 2. The summed E-state index contributed by atoms with van der Waals surface area (Å²) >= 11 is 0. The molecule has 2 amide bonds. The van der Waals surface area contributed by atoms with Crippen LogP contribution >= 0.6 is 0 Å². The summed E-state index contributed by atoms with van der Waals surface area (Å²) in [5.41, 5.74) is 0.990. The van der Waals surface area contributed by atoms with E-state index < -0.39 is 6.04 Å². The monoisotopic (exact) mass is 328 g/mol. The van der Waals surface area contributed by atoms with Crippen molar-refractivity contribution in [2.75, 3.05) is 5.32 Å². The van der Waals surface area contributed by atoms with E-state index in [0.717, 1.165) is 6.42 Å². The largest absolute Gasteiger partial charge is 0.340 e. The van der Waals surface area contributed by atoms with Crippen LogP contribution in [0.15, 0.2) is 54.6 Å². The zero-order chi connectivity index (χ0) is 17.5. The molecule has 0 radical (unpaired) electrons. The third-order valence-electron chi connectivity index (χ3n) is 3.93. The van der Waals surface area contributed by atoms with Gasteiger partial charge in [-0.1, -0.05) is 38.5 Å². The first-order valence-electron chi connectivity index (χ1n) is 7.93. The van der Waals surface area contributed by atoms with Gasteiger partial charge in [-0.15, -0.1) is 0 Å². The van der Waals surface area contributed by atoms with E-state index in [1.165, 1.54) is 24.3 Å². The van der Waals surface area contributed by atoms with Gasteiger partial charge in [-0.3, -0.25) is 9.59 Å². The van der Waals surface area contributed by atoms with Crippen molar-refractivity contribution in [3.8, 4) is 0 Å². The Hall–Kier alpha value is -2.69. The van der Waals surface area contributed by atoms with Crippen molar-refractivity contribution in [3.05, 3.63) is 66.0 Å². The van der Waals surface area contributed by atoms with Crippen LogP contribution in [-0.4, -0.2) is 17.9 Å². The minimum Gasteiger partial charge on any atom is -0.340 e. The molecule has 5 heteroatoms. The van der Waals surface area contributed by atoms with Crippen LogP contribution < -0.4 is 10.6 Å². The summed E-state index contributed by atoms with van der Waals surface area (Å²) in [6, 6.07) is 13.6. The van der Waals surface area contributed by atoms with Crippen LogP contribution in [0.2, 0.25) is 0 Å². The molecule has 0 bridgehead atoms. The molecular weight excluding hydrogens is 307 g/mol. The summed E-state index contributed by atoms with van der Waals surface area (Å²) < 4.78 is 13.0. The van der Waals surface area contributed by atoms with Crippen LogP contribution in [0.3, 0.4) is 0 Å². The Morgan fingerprint density at radius 2 is 1.67 bits per heavy atom. The van der Waals surface area contributed by atoms with E-state index >= 15 is 0 Å². The van der Waals surface area contributed by atoms with Gasteiger partial charge in [-0.25, -0.2) is 4.39 Å². The van der Waals surface area contributed by atoms with Gasteiger partial charge in [0.15, 0.2) is 0 Å². The summed E-state index contributed by atoms with van der Waals surface area (Å²) in [5, 5.41) is 5.51. The SMILES string of the molecule is CCC(C)C(NC(=O)c1ccccc1)C(=O)Nc1ccc(F)cc1. The Morgan fingerprint density at radius 1 is 1.04 bits per heavy atom. The minimum absolute atomic E-state index is 0.0434. The van der Waals surface area contributed by atoms with Crippen molar-refractivity contribution in [2.24, 2.45) is 5.92 Å². The fourth-order valence-corrected chi connectivity index (χ4v) is 2.27. The zero-order valence-electron chi connectivity index (χ0n) is 13.8. The highest BCUT2D eigenvalue weighted by molar-refractivity contribution is 6.01. The molecule has 2 N–H and O–H groups in total. The normalized spacial score (nSPS) is 13.0. The van der Waals surface area contributed by atoms with Crippen LogP contribution in [0, 0.1) is 11.7 Å². The number of carbonyl (C=O) groups is 2. The molecule has 0 aromatic heterocycles. The molecule has 0 aliphatic heterocycles. The first-order chi connectivity index (χ1) is 11.5. The summed E-state index contributed by atoms with van der Waals surface area (Å²) in [4.78, 5) is 24.9. The molecule has 2 aromatic rings. The predicted molar refractivity (Wildman–Crippen MR) is 92.2 cm³/mol. The van der Waals surface area contributed by atoms with Gasteiger partial charge in [0.1, 0.15) is 11.9 Å². The number of anilines is 1. The predicted octanol–water partition coefficient (Wildman–Crippen LogP) is 3.61. The summed E-state index contributed by atoms with van der Waals surface area (Å²) in [7, 11) is 0. The highest BCUT2D eigenvalue weighted by atomic mass is 19.1. The number of rotatable bonds is 6. The second kappa shape index (κ2) is 8.24. The van der Waals surface area contributed by atoms with E-state index in [0.29, 0.717) is 11.3 Å². The third-order valence-corrected chi connectivity index (χ3v) is 3.93. The van der Waals surface area contributed by atoms with Gasteiger partial charge >= 0.3 is 0 Å². The topological polar surface area (TPSA) is 58.2 Å². The molecule has 2 rings (SSSR count). The molecule has 0 aliphatic rings. The van der Waals surface area contributed by atoms with Gasteiger partial charge in [0, 0.05) is 11.3 Å². The summed E-state index contributed by atoms with van der Waals surface area (Å²) in [6.07, 6.45) is 0.733. The number of amides is 2. The Bertz CT molecular complexity index is 686. The highest BCUT2D eigenvalue weighted by Gasteiger charge is 2.26. The maximum absolute atomic E-state index is 13.0. The van der Waals surface area contributed by atoms with Gasteiger partial charge in [0.25, 0.3) is 5.91 Å². The van der Waals surface area contributed by atoms with E-state index in [-0.39, 0.29) is 23.5 Å². The molecule has 0 saturated carbocycles. The number of benzene rings is 2. The molecule has 24 heavy (non-hydrogen) atoms. The van der Waals surface area contributed by atoms with Gasteiger partial charge < -0.3 is 10.6 Å². The van der Waals surface area contributed by atoms with Gasteiger partial charge in [0.05, 0.1) is 0 Å². The van der Waals surface area contributed by atoms with Crippen molar-refractivity contribution < 1.29 is 14.0 Å². The second-order valence-electron chi connectivity index (χ2n) is 5.70.